The summed E-state index contributed by atoms with van der Waals surface area (Å²) in [6.45, 7) is 4.67. The van der Waals surface area contributed by atoms with E-state index in [0.717, 1.165) is 10.6 Å². The van der Waals surface area contributed by atoms with E-state index < -0.39 is 0 Å². The van der Waals surface area contributed by atoms with Gasteiger partial charge in [-0.15, -0.1) is 11.3 Å². The Hall–Kier alpha value is -2.19. The molecule has 2 amide bonds. The predicted molar refractivity (Wildman–Crippen MR) is 91.3 cm³/mol. The first-order valence-corrected chi connectivity index (χ1v) is 8.38. The van der Waals surface area contributed by atoms with Crippen molar-refractivity contribution < 1.29 is 18.7 Å². The Morgan fingerprint density at radius 3 is 2.79 bits per heavy atom. The monoisotopic (exact) mass is 351 g/mol. The van der Waals surface area contributed by atoms with Crippen LogP contribution >= 0.6 is 11.3 Å². The SMILES string of the molecule is COCCCN(CC(=O)Nc1nc(C)c(C)s1)C(=O)c1ccco1. The number of amides is 2. The van der Waals surface area contributed by atoms with Crippen LogP contribution in [0.3, 0.4) is 0 Å². The molecule has 1 N–H and O–H groups in total. The van der Waals surface area contributed by atoms with Gasteiger partial charge in [0.25, 0.3) is 5.91 Å². The number of nitrogens with zero attached hydrogens (tertiary/aromatic N) is 2. The zero-order chi connectivity index (χ0) is 17.5. The van der Waals surface area contributed by atoms with Crippen molar-refractivity contribution >= 4 is 28.3 Å². The summed E-state index contributed by atoms with van der Waals surface area (Å²) in [7, 11) is 1.60. The van der Waals surface area contributed by atoms with Crippen molar-refractivity contribution in [2.75, 3.05) is 32.1 Å². The molecule has 2 aromatic heterocycles. The van der Waals surface area contributed by atoms with Gasteiger partial charge in [0.1, 0.15) is 6.54 Å². The Bertz CT molecular complexity index is 662. The van der Waals surface area contributed by atoms with Gasteiger partial charge < -0.3 is 19.4 Å². The highest BCUT2D eigenvalue weighted by Crippen LogP contribution is 2.21. The van der Waals surface area contributed by atoms with E-state index in [-0.39, 0.29) is 24.1 Å². The number of methoxy groups -OCH3 is 1. The molecular formula is C16H21N3O4S. The number of hydrogen-bond donors (Lipinski definition) is 1. The number of furan rings is 1. The fraction of sp³-hybridized carbons (Fsp3) is 0.438. The van der Waals surface area contributed by atoms with Crippen LogP contribution in [0.4, 0.5) is 5.13 Å². The number of carbonyl (C=O) groups is 2. The highest BCUT2D eigenvalue weighted by Gasteiger charge is 2.21. The number of hydrogen-bond acceptors (Lipinski definition) is 6. The molecule has 24 heavy (non-hydrogen) atoms. The van der Waals surface area contributed by atoms with E-state index >= 15 is 0 Å². The Balaban J connectivity index is 2.00. The van der Waals surface area contributed by atoms with Gasteiger partial charge in [0.15, 0.2) is 10.9 Å². The van der Waals surface area contributed by atoms with Gasteiger partial charge in [-0.1, -0.05) is 0 Å². The normalized spacial score (nSPS) is 10.6. The lowest BCUT2D eigenvalue weighted by molar-refractivity contribution is -0.117. The van der Waals surface area contributed by atoms with E-state index in [1.165, 1.54) is 22.5 Å². The van der Waals surface area contributed by atoms with Gasteiger partial charge in [0, 0.05) is 25.1 Å². The fourth-order valence-corrected chi connectivity index (χ4v) is 2.90. The zero-order valence-electron chi connectivity index (χ0n) is 14.0. The van der Waals surface area contributed by atoms with E-state index in [2.05, 4.69) is 10.3 Å². The quantitative estimate of drug-likeness (QED) is 0.739. The lowest BCUT2D eigenvalue weighted by Crippen LogP contribution is -2.38. The highest BCUT2D eigenvalue weighted by atomic mass is 32.1. The van der Waals surface area contributed by atoms with Gasteiger partial charge in [-0.25, -0.2) is 4.98 Å². The smallest absolute Gasteiger partial charge is 0.290 e. The Labute approximate surface area is 144 Å². The van der Waals surface area contributed by atoms with Gasteiger partial charge >= 0.3 is 0 Å². The van der Waals surface area contributed by atoms with Gasteiger partial charge in [0.2, 0.25) is 5.91 Å². The number of aromatic nitrogens is 1. The number of aryl methyl sites for hydroxylation is 2. The summed E-state index contributed by atoms with van der Waals surface area (Å²) in [5.41, 5.74) is 0.888. The molecular weight excluding hydrogens is 330 g/mol. The average Bonchev–Trinajstić information content (AvgIpc) is 3.16. The molecule has 0 atom stereocenters. The number of nitrogens with one attached hydrogen (secondary N) is 1. The first-order valence-electron chi connectivity index (χ1n) is 7.57. The molecule has 0 saturated carbocycles. The van der Waals surface area contributed by atoms with Crippen LogP contribution < -0.4 is 5.32 Å². The standard InChI is InChI=1S/C16H21N3O4S/c1-11-12(2)24-16(17-11)18-14(20)10-19(7-5-8-22-3)15(21)13-6-4-9-23-13/h4,6,9H,5,7-8,10H2,1-3H3,(H,17,18,20). The second kappa shape index (κ2) is 8.60. The average molecular weight is 351 g/mol. The van der Waals surface area contributed by atoms with Crippen LogP contribution in [0.2, 0.25) is 0 Å². The zero-order valence-corrected chi connectivity index (χ0v) is 14.8. The second-order valence-electron chi connectivity index (χ2n) is 5.26. The number of carbonyl (C=O) groups excluding carboxylic acids is 2. The minimum Gasteiger partial charge on any atom is -0.459 e. The third kappa shape index (κ3) is 4.90. The summed E-state index contributed by atoms with van der Waals surface area (Å²) < 4.78 is 10.1. The maximum atomic E-state index is 12.4. The van der Waals surface area contributed by atoms with Crippen molar-refractivity contribution in [1.29, 1.82) is 0 Å². The Morgan fingerprint density at radius 2 is 2.21 bits per heavy atom. The minimum absolute atomic E-state index is 0.0685. The van der Waals surface area contributed by atoms with E-state index in [9.17, 15) is 9.59 Å². The number of ether oxygens (including phenoxy) is 1. The third-order valence-corrected chi connectivity index (χ3v) is 4.39. The molecule has 0 spiro atoms. The Morgan fingerprint density at radius 1 is 1.42 bits per heavy atom. The molecule has 7 nitrogen and oxygen atoms in total. The number of thiazole rings is 1. The predicted octanol–water partition coefficient (Wildman–Crippen LogP) is 2.47. The highest BCUT2D eigenvalue weighted by molar-refractivity contribution is 7.15. The van der Waals surface area contributed by atoms with E-state index in [1.807, 2.05) is 13.8 Å². The van der Waals surface area contributed by atoms with Crippen molar-refractivity contribution in [3.63, 3.8) is 0 Å². The lowest BCUT2D eigenvalue weighted by Gasteiger charge is -2.20. The van der Waals surface area contributed by atoms with Gasteiger partial charge in [-0.2, -0.15) is 0 Å². The molecule has 130 valence electrons. The van der Waals surface area contributed by atoms with Crippen molar-refractivity contribution in [1.82, 2.24) is 9.88 Å². The summed E-state index contributed by atoms with van der Waals surface area (Å²) >= 11 is 1.41. The van der Waals surface area contributed by atoms with E-state index in [0.29, 0.717) is 24.7 Å². The van der Waals surface area contributed by atoms with E-state index in [1.54, 1.807) is 19.2 Å². The van der Waals surface area contributed by atoms with Crippen LogP contribution in [0.25, 0.3) is 0 Å². The van der Waals surface area contributed by atoms with Crippen LogP contribution in [0.15, 0.2) is 22.8 Å². The summed E-state index contributed by atoms with van der Waals surface area (Å²) in [5.74, 6) is -0.403. The van der Waals surface area contributed by atoms with Crippen molar-refractivity contribution in [2.45, 2.75) is 20.3 Å². The number of anilines is 1. The van der Waals surface area contributed by atoms with Crippen molar-refractivity contribution in [3.8, 4) is 0 Å². The van der Waals surface area contributed by atoms with Crippen LogP contribution in [0, 0.1) is 13.8 Å². The number of rotatable bonds is 8. The largest absolute Gasteiger partial charge is 0.459 e. The van der Waals surface area contributed by atoms with E-state index in [4.69, 9.17) is 9.15 Å². The summed E-state index contributed by atoms with van der Waals surface area (Å²) in [6.07, 6.45) is 2.06. The van der Waals surface area contributed by atoms with Gasteiger partial charge in [0.05, 0.1) is 12.0 Å². The molecule has 0 aromatic carbocycles. The maximum Gasteiger partial charge on any atom is 0.290 e. The summed E-state index contributed by atoms with van der Waals surface area (Å²) in [6, 6.07) is 3.22. The molecule has 2 aromatic rings. The van der Waals surface area contributed by atoms with Crippen LogP contribution in [0.1, 0.15) is 27.5 Å². The molecule has 0 aliphatic carbocycles. The first kappa shape index (κ1) is 18.2. The molecule has 0 unspecified atom stereocenters. The van der Waals surface area contributed by atoms with Crippen LogP contribution in [-0.2, 0) is 9.53 Å². The molecule has 0 aliphatic heterocycles. The molecule has 2 heterocycles. The summed E-state index contributed by atoms with van der Waals surface area (Å²) in [4.78, 5) is 31.5. The topological polar surface area (TPSA) is 84.7 Å². The molecule has 8 heteroatoms. The Kier molecular flexibility index (Phi) is 6.51. The lowest BCUT2D eigenvalue weighted by atomic mass is 10.3. The fourth-order valence-electron chi connectivity index (χ4n) is 2.07. The minimum atomic E-state index is -0.322. The van der Waals surface area contributed by atoms with Crippen LogP contribution in [-0.4, -0.2) is 48.5 Å². The molecule has 2 rings (SSSR count). The molecule has 0 aliphatic rings. The third-order valence-electron chi connectivity index (χ3n) is 3.41. The first-order chi connectivity index (χ1) is 11.5. The summed E-state index contributed by atoms with van der Waals surface area (Å²) in [5, 5.41) is 3.28. The van der Waals surface area contributed by atoms with Crippen molar-refractivity contribution in [2.24, 2.45) is 0 Å². The maximum absolute atomic E-state index is 12.4. The van der Waals surface area contributed by atoms with Crippen molar-refractivity contribution in [3.05, 3.63) is 34.7 Å². The second-order valence-corrected chi connectivity index (χ2v) is 6.46. The molecule has 0 fully saturated rings. The van der Waals surface area contributed by atoms with Gasteiger partial charge in [-0.3, -0.25) is 9.59 Å². The van der Waals surface area contributed by atoms with Gasteiger partial charge in [-0.05, 0) is 32.4 Å². The molecule has 0 saturated heterocycles. The van der Waals surface area contributed by atoms with Crippen LogP contribution in [0.5, 0.6) is 0 Å². The molecule has 0 radical (unpaired) electrons. The molecule has 0 bridgehead atoms.